The zero-order valence-corrected chi connectivity index (χ0v) is 17.0. The molecule has 13 heteroatoms. The van der Waals surface area contributed by atoms with Crippen molar-refractivity contribution < 1.29 is 35.7 Å². The number of hydrogen-bond donors (Lipinski definition) is 0. The number of nitrogens with zero attached hydrogens (tertiary/aromatic N) is 1. The first kappa shape index (κ1) is 22.9. The number of rotatable bonds is 5. The van der Waals surface area contributed by atoms with Crippen LogP contribution < -0.4 is 0 Å². The maximum absolute atomic E-state index is 13.9. The molecule has 0 aliphatic rings. The van der Waals surface area contributed by atoms with Crippen molar-refractivity contribution in [1.82, 2.24) is 0 Å². The molecule has 0 atom stereocenters. The van der Waals surface area contributed by atoms with Gasteiger partial charge in [-0.1, -0.05) is 44.0 Å². The van der Waals surface area contributed by atoms with Gasteiger partial charge in [-0.15, -0.1) is 0 Å². The summed E-state index contributed by atoms with van der Waals surface area (Å²) < 4.78 is 91.8. The molecule has 0 spiro atoms. The van der Waals surface area contributed by atoms with Crippen LogP contribution in [0.25, 0.3) is 11.1 Å². The van der Waals surface area contributed by atoms with Crippen molar-refractivity contribution >= 4 is 49.3 Å². The molecule has 2 aromatic rings. The van der Waals surface area contributed by atoms with Crippen molar-refractivity contribution in [2.24, 2.45) is 0 Å². The van der Waals surface area contributed by atoms with Crippen LogP contribution in [0.5, 0.6) is 0 Å². The van der Waals surface area contributed by atoms with Gasteiger partial charge in [0.05, 0.1) is 10.5 Å². The summed E-state index contributed by atoms with van der Waals surface area (Å²) in [5.74, 6) is -6.33. The third kappa shape index (κ3) is 4.30. The van der Waals surface area contributed by atoms with E-state index < -0.39 is 44.6 Å². The molecular weight excluding hydrogens is 551 g/mol. The Kier molecular flexibility index (Phi) is 6.41. The van der Waals surface area contributed by atoms with Crippen LogP contribution in [0, 0.1) is 10.1 Å². The first-order valence-electron chi connectivity index (χ1n) is 6.93. The Morgan fingerprint density at radius 3 is 2.07 bits per heavy atom. The second kappa shape index (κ2) is 7.82. The number of alkyl halides is 7. The summed E-state index contributed by atoms with van der Waals surface area (Å²) >= 11 is 4.89. The van der Waals surface area contributed by atoms with E-state index in [9.17, 15) is 40.8 Å². The van der Waals surface area contributed by atoms with Gasteiger partial charge in [0.2, 0.25) is 0 Å². The lowest BCUT2D eigenvalue weighted by atomic mass is 10.0. The molecule has 0 radical (unpaired) electrons. The highest BCUT2D eigenvalue weighted by molar-refractivity contribution is 9.11. The van der Waals surface area contributed by atoms with Gasteiger partial charge >= 0.3 is 17.4 Å². The Labute approximate surface area is 173 Å². The fourth-order valence-electron chi connectivity index (χ4n) is 2.10. The van der Waals surface area contributed by atoms with Gasteiger partial charge in [-0.3, -0.25) is 10.1 Å². The van der Waals surface area contributed by atoms with Crippen molar-refractivity contribution in [2.75, 3.05) is 0 Å². The number of hydrogen-bond acceptors (Lipinski definition) is 3. The number of para-hydroxylation sites is 1. The van der Waals surface area contributed by atoms with E-state index in [1.807, 2.05) is 0 Å². The molecule has 0 amide bonds. The highest BCUT2D eigenvalue weighted by Crippen LogP contribution is 2.56. The Bertz CT molecular complexity index is 922. The molecule has 152 valence electrons. The molecule has 28 heavy (non-hydrogen) atoms. The van der Waals surface area contributed by atoms with E-state index in [1.54, 1.807) is 0 Å². The summed E-state index contributed by atoms with van der Waals surface area (Å²) in [6.07, 6.45) is -6.49. The molecule has 0 unspecified atom stereocenters. The number of halogens is 9. The van der Waals surface area contributed by atoms with E-state index >= 15 is 0 Å². The van der Waals surface area contributed by atoms with Gasteiger partial charge in [-0.05, 0) is 30.0 Å². The third-order valence-corrected chi connectivity index (χ3v) is 5.49. The highest BCUT2D eigenvalue weighted by atomic mass is 79.9. The predicted octanol–water partition coefficient (Wildman–Crippen LogP) is 7.67. The normalized spacial score (nSPS) is 12.9. The van der Waals surface area contributed by atoms with E-state index in [0.717, 1.165) is 18.2 Å². The van der Waals surface area contributed by atoms with Crippen molar-refractivity contribution in [3.8, 4) is 11.1 Å². The molecule has 0 N–H and O–H groups in total. The molecule has 3 nitrogen and oxygen atoms in total. The van der Waals surface area contributed by atoms with Crippen molar-refractivity contribution in [3.63, 3.8) is 0 Å². The van der Waals surface area contributed by atoms with Gasteiger partial charge in [-0.25, -0.2) is 0 Å². The summed E-state index contributed by atoms with van der Waals surface area (Å²) in [7, 11) is 0. The van der Waals surface area contributed by atoms with Crippen LogP contribution in [0.4, 0.5) is 36.4 Å². The van der Waals surface area contributed by atoms with Gasteiger partial charge in [-0.2, -0.15) is 30.7 Å². The van der Waals surface area contributed by atoms with E-state index in [0.29, 0.717) is 0 Å². The lowest BCUT2D eigenvalue weighted by Gasteiger charge is -2.28. The maximum Gasteiger partial charge on any atom is 0.460 e. The SMILES string of the molecule is O=[N+]([O-])c1ccccc1-c1c(Br)cc(Br)cc1SC(F)(F)C(F)(F)C(F)(F)F. The standard InChI is InChI=1S/C15H6Br2F7NO2S/c16-7-5-9(17)12(8-3-1-2-4-10(8)25(26)27)11(6-7)28-15(23,24)13(18,19)14(20,21)22/h1-6H. The number of nitro benzene ring substituents is 1. The van der Waals surface area contributed by atoms with Crippen molar-refractivity contribution in [3.05, 3.63) is 55.5 Å². The second-order valence-electron chi connectivity index (χ2n) is 5.23. The van der Waals surface area contributed by atoms with Gasteiger partial charge in [0.15, 0.2) is 0 Å². The van der Waals surface area contributed by atoms with Gasteiger partial charge in [0.25, 0.3) is 5.69 Å². The predicted molar refractivity (Wildman–Crippen MR) is 95.7 cm³/mol. The quantitative estimate of drug-likeness (QED) is 0.164. The summed E-state index contributed by atoms with van der Waals surface area (Å²) in [5, 5.41) is 5.64. The molecular formula is C15H6Br2F7NO2S. The Hall–Kier alpha value is -1.34. The molecule has 0 bridgehead atoms. The van der Waals surface area contributed by atoms with Gasteiger partial charge < -0.3 is 0 Å². The molecule has 0 aromatic heterocycles. The first-order chi connectivity index (χ1) is 12.7. The van der Waals surface area contributed by atoms with Crippen LogP contribution in [-0.2, 0) is 0 Å². The highest BCUT2D eigenvalue weighted by Gasteiger charge is 2.73. The Balaban J connectivity index is 2.70. The summed E-state index contributed by atoms with van der Waals surface area (Å²) in [5.41, 5.74) is -1.10. The van der Waals surface area contributed by atoms with Crippen LogP contribution in [0.1, 0.15) is 0 Å². The summed E-state index contributed by atoms with van der Waals surface area (Å²) in [6.45, 7) is 0. The van der Waals surface area contributed by atoms with Crippen molar-refractivity contribution in [1.29, 1.82) is 0 Å². The fraction of sp³-hybridized carbons (Fsp3) is 0.200. The Morgan fingerprint density at radius 2 is 1.54 bits per heavy atom. The third-order valence-electron chi connectivity index (χ3n) is 3.35. The average Bonchev–Trinajstić information content (AvgIpc) is 2.52. The largest absolute Gasteiger partial charge is 0.460 e. The zero-order valence-electron chi connectivity index (χ0n) is 13.0. The number of thioether (sulfide) groups is 1. The molecule has 0 fully saturated rings. The monoisotopic (exact) mass is 555 g/mol. The lowest BCUT2D eigenvalue weighted by Crippen LogP contribution is -2.49. The minimum Gasteiger partial charge on any atom is -0.258 e. The van der Waals surface area contributed by atoms with Crippen LogP contribution in [-0.4, -0.2) is 22.3 Å². The van der Waals surface area contributed by atoms with Gasteiger partial charge in [0, 0.05) is 25.5 Å². The molecule has 0 saturated heterocycles. The van der Waals surface area contributed by atoms with E-state index in [4.69, 9.17) is 0 Å². The minimum atomic E-state index is -6.49. The van der Waals surface area contributed by atoms with Crippen LogP contribution in [0.3, 0.4) is 0 Å². The second-order valence-corrected chi connectivity index (χ2v) is 8.15. The topological polar surface area (TPSA) is 43.1 Å². The summed E-state index contributed by atoms with van der Waals surface area (Å²) in [6, 6.07) is 6.98. The minimum absolute atomic E-state index is 0.0233. The van der Waals surface area contributed by atoms with Gasteiger partial charge in [0.1, 0.15) is 0 Å². The number of nitro groups is 1. The zero-order chi connectivity index (χ0) is 21.5. The molecule has 0 saturated carbocycles. The Morgan fingerprint density at radius 1 is 0.964 bits per heavy atom. The van der Waals surface area contributed by atoms with E-state index in [-0.39, 0.29) is 20.1 Å². The average molecular weight is 557 g/mol. The molecule has 0 aliphatic heterocycles. The first-order valence-corrected chi connectivity index (χ1v) is 9.33. The molecule has 2 aromatic carbocycles. The lowest BCUT2D eigenvalue weighted by molar-refractivity contribution is -0.384. The fourth-order valence-corrected chi connectivity index (χ4v) is 4.85. The van der Waals surface area contributed by atoms with E-state index in [1.165, 1.54) is 18.2 Å². The molecule has 0 heterocycles. The molecule has 0 aliphatic carbocycles. The van der Waals surface area contributed by atoms with Crippen LogP contribution >= 0.6 is 43.6 Å². The number of benzene rings is 2. The summed E-state index contributed by atoms with van der Waals surface area (Å²) in [4.78, 5) is 9.67. The van der Waals surface area contributed by atoms with Crippen LogP contribution in [0.15, 0.2) is 50.2 Å². The molecule has 2 rings (SSSR count). The maximum atomic E-state index is 13.9. The van der Waals surface area contributed by atoms with Crippen molar-refractivity contribution in [2.45, 2.75) is 22.2 Å². The smallest absolute Gasteiger partial charge is 0.258 e. The van der Waals surface area contributed by atoms with Crippen LogP contribution in [0.2, 0.25) is 0 Å². The van der Waals surface area contributed by atoms with E-state index in [2.05, 4.69) is 31.9 Å².